The summed E-state index contributed by atoms with van der Waals surface area (Å²) < 4.78 is 5.56. The molecule has 0 aliphatic heterocycles. The molecule has 4 nitrogen and oxygen atoms in total. The molecule has 0 aliphatic carbocycles. The van der Waals surface area contributed by atoms with Gasteiger partial charge in [-0.2, -0.15) is 0 Å². The summed E-state index contributed by atoms with van der Waals surface area (Å²) in [5, 5.41) is 0.931. The molecule has 0 radical (unpaired) electrons. The van der Waals surface area contributed by atoms with E-state index < -0.39 is 6.10 Å². The van der Waals surface area contributed by atoms with Crippen LogP contribution in [0.3, 0.4) is 0 Å². The lowest BCUT2D eigenvalue weighted by atomic mass is 10.2. The van der Waals surface area contributed by atoms with Gasteiger partial charge in [0, 0.05) is 12.1 Å². The van der Waals surface area contributed by atoms with Crippen molar-refractivity contribution in [3.63, 3.8) is 0 Å². The normalized spacial score (nSPS) is 12.3. The van der Waals surface area contributed by atoms with E-state index in [-0.39, 0.29) is 5.56 Å². The number of benzene rings is 1. The lowest BCUT2D eigenvalue weighted by Crippen LogP contribution is -2.17. The molecule has 94 valence electrons. The van der Waals surface area contributed by atoms with Crippen LogP contribution in [0.4, 0.5) is 0 Å². The lowest BCUT2D eigenvalue weighted by molar-refractivity contribution is -0.113. The topological polar surface area (TPSA) is 59.2 Å². The van der Waals surface area contributed by atoms with Crippen molar-refractivity contribution < 1.29 is 9.53 Å². The van der Waals surface area contributed by atoms with Crippen LogP contribution in [0.2, 0.25) is 0 Å². The summed E-state index contributed by atoms with van der Waals surface area (Å²) >= 11 is 0. The largest absolute Gasteiger partial charge is 0.483 e. The molecule has 2 rings (SSSR count). The van der Waals surface area contributed by atoms with Crippen molar-refractivity contribution in [3.8, 4) is 5.75 Å². The third-order valence-corrected chi connectivity index (χ3v) is 2.71. The first-order valence-corrected chi connectivity index (χ1v) is 5.98. The molecule has 2 aromatic rings. The maximum absolute atomic E-state index is 11.2. The second-order valence-corrected chi connectivity index (χ2v) is 4.15. The summed E-state index contributed by atoms with van der Waals surface area (Å²) in [6, 6.07) is 8.62. The zero-order valence-corrected chi connectivity index (χ0v) is 10.2. The molecule has 4 heteroatoms. The van der Waals surface area contributed by atoms with Crippen molar-refractivity contribution in [1.82, 2.24) is 4.98 Å². The Hall–Kier alpha value is -2.10. The molecule has 0 bridgehead atoms. The van der Waals surface area contributed by atoms with E-state index in [1.807, 2.05) is 13.0 Å². The number of pyridine rings is 1. The molecule has 1 heterocycles. The highest BCUT2D eigenvalue weighted by molar-refractivity contribution is 5.79. The second kappa shape index (κ2) is 5.49. The predicted octanol–water partition coefficient (Wildman–Crippen LogP) is 2.27. The van der Waals surface area contributed by atoms with Gasteiger partial charge in [0.15, 0.2) is 12.4 Å². The number of hydrogen-bond donors (Lipinski definition) is 1. The van der Waals surface area contributed by atoms with Crippen molar-refractivity contribution in [2.45, 2.75) is 25.9 Å². The van der Waals surface area contributed by atoms with Crippen LogP contribution in [0.1, 0.15) is 19.8 Å². The first kappa shape index (κ1) is 12.4. The van der Waals surface area contributed by atoms with Gasteiger partial charge in [-0.25, -0.2) is 0 Å². The van der Waals surface area contributed by atoms with Crippen molar-refractivity contribution in [2.24, 2.45) is 0 Å². The van der Waals surface area contributed by atoms with Crippen LogP contribution in [0, 0.1) is 0 Å². The number of H-pyrrole nitrogens is 1. The molecule has 18 heavy (non-hydrogen) atoms. The van der Waals surface area contributed by atoms with Gasteiger partial charge in [0.2, 0.25) is 5.56 Å². The Kier molecular flexibility index (Phi) is 3.77. The molecule has 0 saturated carbocycles. The molecule has 0 spiro atoms. The SMILES string of the molecule is CCCC(C=O)Oc1ccc2ccc(=O)[nH]c2c1. The molecule has 1 aromatic carbocycles. The number of rotatable bonds is 5. The van der Waals surface area contributed by atoms with Crippen molar-refractivity contribution in [2.75, 3.05) is 0 Å². The van der Waals surface area contributed by atoms with E-state index >= 15 is 0 Å². The van der Waals surface area contributed by atoms with Crippen LogP contribution in [0.5, 0.6) is 5.75 Å². The van der Waals surface area contributed by atoms with Gasteiger partial charge in [0.1, 0.15) is 5.75 Å². The molecule has 1 unspecified atom stereocenters. The average Bonchev–Trinajstić information content (AvgIpc) is 2.37. The van der Waals surface area contributed by atoms with Crippen molar-refractivity contribution in [3.05, 3.63) is 40.7 Å². The Morgan fingerprint density at radius 1 is 1.33 bits per heavy atom. The second-order valence-electron chi connectivity index (χ2n) is 4.15. The van der Waals surface area contributed by atoms with E-state index in [9.17, 15) is 9.59 Å². The fourth-order valence-corrected chi connectivity index (χ4v) is 1.82. The van der Waals surface area contributed by atoms with Gasteiger partial charge in [-0.3, -0.25) is 9.59 Å². The summed E-state index contributed by atoms with van der Waals surface area (Å²) in [6.07, 6.45) is 1.95. The smallest absolute Gasteiger partial charge is 0.248 e. The van der Waals surface area contributed by atoms with Gasteiger partial charge in [0.05, 0.1) is 5.52 Å². The first-order valence-electron chi connectivity index (χ1n) is 5.98. The summed E-state index contributed by atoms with van der Waals surface area (Å²) in [5.41, 5.74) is 0.557. The van der Waals surface area contributed by atoms with Gasteiger partial charge in [-0.05, 0) is 30.0 Å². The summed E-state index contributed by atoms with van der Waals surface area (Å²) in [6.45, 7) is 2.00. The van der Waals surface area contributed by atoms with Crippen LogP contribution < -0.4 is 10.3 Å². The minimum atomic E-state index is -0.428. The van der Waals surface area contributed by atoms with Gasteiger partial charge in [-0.15, -0.1) is 0 Å². The number of aldehydes is 1. The summed E-state index contributed by atoms with van der Waals surface area (Å²) in [5.74, 6) is 0.593. The molecule has 0 amide bonds. The maximum atomic E-state index is 11.2. The van der Waals surface area contributed by atoms with E-state index in [1.54, 1.807) is 18.2 Å². The molecule has 0 fully saturated rings. The molecular weight excluding hydrogens is 230 g/mol. The van der Waals surface area contributed by atoms with E-state index in [4.69, 9.17) is 4.74 Å². The van der Waals surface area contributed by atoms with Crippen molar-refractivity contribution in [1.29, 1.82) is 0 Å². The van der Waals surface area contributed by atoms with E-state index in [2.05, 4.69) is 4.98 Å². The minimum Gasteiger partial charge on any atom is -0.483 e. The highest BCUT2D eigenvalue weighted by Gasteiger charge is 2.08. The number of fused-ring (bicyclic) bond motifs is 1. The van der Waals surface area contributed by atoms with Crippen LogP contribution >= 0.6 is 0 Å². The Balaban J connectivity index is 2.28. The zero-order valence-electron chi connectivity index (χ0n) is 10.2. The third kappa shape index (κ3) is 2.77. The van der Waals surface area contributed by atoms with Crippen LogP contribution in [0.25, 0.3) is 10.9 Å². The monoisotopic (exact) mass is 245 g/mol. The van der Waals surface area contributed by atoms with E-state index in [0.29, 0.717) is 17.7 Å². The van der Waals surface area contributed by atoms with Crippen LogP contribution in [0.15, 0.2) is 35.1 Å². The zero-order chi connectivity index (χ0) is 13.0. The number of carbonyl (C=O) groups excluding carboxylic acids is 1. The van der Waals surface area contributed by atoms with Crippen molar-refractivity contribution >= 4 is 17.2 Å². The molecule has 1 atom stereocenters. The fraction of sp³-hybridized carbons (Fsp3) is 0.286. The number of aromatic amines is 1. The van der Waals surface area contributed by atoms with Gasteiger partial charge in [-0.1, -0.05) is 13.3 Å². The highest BCUT2D eigenvalue weighted by Crippen LogP contribution is 2.19. The predicted molar refractivity (Wildman–Crippen MR) is 70.0 cm³/mol. The van der Waals surface area contributed by atoms with E-state index in [0.717, 1.165) is 18.1 Å². The number of carbonyl (C=O) groups is 1. The van der Waals surface area contributed by atoms with Gasteiger partial charge in [0.25, 0.3) is 0 Å². The number of nitrogens with one attached hydrogen (secondary N) is 1. The molecule has 1 N–H and O–H groups in total. The Bertz CT molecular complexity index is 603. The average molecular weight is 245 g/mol. The molecule has 0 aliphatic rings. The van der Waals surface area contributed by atoms with Crippen LogP contribution in [-0.4, -0.2) is 17.4 Å². The Morgan fingerprint density at radius 3 is 2.83 bits per heavy atom. The Morgan fingerprint density at radius 2 is 2.11 bits per heavy atom. The molecular formula is C14H15NO3. The summed E-state index contributed by atoms with van der Waals surface area (Å²) in [4.78, 5) is 24.8. The lowest BCUT2D eigenvalue weighted by Gasteiger charge is -2.12. The number of ether oxygens (including phenoxy) is 1. The molecule has 1 aromatic heterocycles. The maximum Gasteiger partial charge on any atom is 0.248 e. The first-order chi connectivity index (χ1) is 8.72. The number of aromatic nitrogens is 1. The van der Waals surface area contributed by atoms with Gasteiger partial charge < -0.3 is 9.72 Å². The highest BCUT2D eigenvalue weighted by atomic mass is 16.5. The van der Waals surface area contributed by atoms with E-state index in [1.165, 1.54) is 6.07 Å². The Labute approximate surface area is 105 Å². The van der Waals surface area contributed by atoms with Crippen LogP contribution in [-0.2, 0) is 4.79 Å². The number of hydrogen-bond acceptors (Lipinski definition) is 3. The standard InChI is InChI=1S/C14H15NO3/c1-2-3-12(9-16)18-11-6-4-10-5-7-14(17)15-13(10)8-11/h4-9,12H,2-3H2,1H3,(H,15,17). The van der Waals surface area contributed by atoms with Gasteiger partial charge >= 0.3 is 0 Å². The third-order valence-electron chi connectivity index (χ3n) is 2.71. The molecule has 0 saturated heterocycles. The minimum absolute atomic E-state index is 0.153. The quantitative estimate of drug-likeness (QED) is 0.822. The fourth-order valence-electron chi connectivity index (χ4n) is 1.82. The summed E-state index contributed by atoms with van der Waals surface area (Å²) in [7, 11) is 0.